The molecule has 0 saturated carbocycles. The largest absolute Gasteiger partial charge is 0.326 e. The van der Waals surface area contributed by atoms with Gasteiger partial charge in [-0.1, -0.05) is 6.92 Å². The van der Waals surface area contributed by atoms with Crippen molar-refractivity contribution < 1.29 is 9.59 Å². The number of hydrogen-bond donors (Lipinski definition) is 1. The SMILES string of the molecule is CC1CC(=O)N(C[C@@H](C)N)C(=O)C1. The lowest BCUT2D eigenvalue weighted by Crippen LogP contribution is -2.47. The van der Waals surface area contributed by atoms with Gasteiger partial charge in [0.1, 0.15) is 0 Å². The van der Waals surface area contributed by atoms with Crippen molar-refractivity contribution in [3.05, 3.63) is 0 Å². The van der Waals surface area contributed by atoms with Crippen LogP contribution in [0.15, 0.2) is 0 Å². The van der Waals surface area contributed by atoms with Gasteiger partial charge < -0.3 is 5.73 Å². The molecular formula is C9H16N2O2. The number of carbonyl (C=O) groups excluding carboxylic acids is 2. The molecule has 4 nitrogen and oxygen atoms in total. The van der Waals surface area contributed by atoms with Crippen LogP contribution in [0.3, 0.4) is 0 Å². The summed E-state index contributed by atoms with van der Waals surface area (Å²) in [6, 6.07) is -0.138. The van der Waals surface area contributed by atoms with Crippen LogP contribution in [-0.4, -0.2) is 29.3 Å². The van der Waals surface area contributed by atoms with Gasteiger partial charge >= 0.3 is 0 Å². The molecule has 0 aromatic rings. The second-order valence-electron chi connectivity index (χ2n) is 3.89. The Balaban J connectivity index is 2.62. The van der Waals surface area contributed by atoms with Crippen LogP contribution < -0.4 is 5.73 Å². The average Bonchev–Trinajstić information content (AvgIpc) is 1.96. The first-order valence-electron chi connectivity index (χ1n) is 4.59. The van der Waals surface area contributed by atoms with Crippen molar-refractivity contribution in [1.82, 2.24) is 4.90 Å². The first-order chi connectivity index (χ1) is 6.00. The summed E-state index contributed by atoms with van der Waals surface area (Å²) in [6.07, 6.45) is 0.941. The lowest BCUT2D eigenvalue weighted by atomic mass is 9.97. The summed E-state index contributed by atoms with van der Waals surface area (Å²) in [6.45, 7) is 4.06. The summed E-state index contributed by atoms with van der Waals surface area (Å²) in [5.74, 6) is 0.0198. The fourth-order valence-electron chi connectivity index (χ4n) is 1.52. The Bertz CT molecular complexity index is 208. The first kappa shape index (κ1) is 10.2. The Morgan fingerprint density at radius 3 is 2.31 bits per heavy atom. The number of rotatable bonds is 2. The van der Waals surface area contributed by atoms with Crippen molar-refractivity contribution in [3.8, 4) is 0 Å². The summed E-state index contributed by atoms with van der Waals surface area (Å²) in [4.78, 5) is 24.1. The zero-order chi connectivity index (χ0) is 10.0. The van der Waals surface area contributed by atoms with Crippen LogP contribution in [0.1, 0.15) is 26.7 Å². The number of amides is 2. The molecule has 0 spiro atoms. The molecule has 0 radical (unpaired) electrons. The van der Waals surface area contributed by atoms with Crippen LogP contribution in [0.4, 0.5) is 0 Å². The lowest BCUT2D eigenvalue weighted by molar-refractivity contribution is -0.149. The molecule has 13 heavy (non-hydrogen) atoms. The Kier molecular flexibility index (Phi) is 3.03. The minimum absolute atomic E-state index is 0.0824. The van der Waals surface area contributed by atoms with Gasteiger partial charge in [0.05, 0.1) is 0 Å². The third kappa shape index (κ3) is 2.52. The predicted octanol–water partition coefficient (Wildman–Crippen LogP) is 0.119. The molecule has 1 aliphatic heterocycles. The maximum Gasteiger partial charge on any atom is 0.229 e. The van der Waals surface area contributed by atoms with E-state index >= 15 is 0 Å². The van der Waals surface area contributed by atoms with Gasteiger partial charge in [-0.3, -0.25) is 14.5 Å². The second-order valence-corrected chi connectivity index (χ2v) is 3.89. The number of nitrogens with zero attached hydrogens (tertiary/aromatic N) is 1. The number of piperidine rings is 1. The van der Waals surface area contributed by atoms with E-state index < -0.39 is 0 Å². The van der Waals surface area contributed by atoms with Crippen LogP contribution in [0.25, 0.3) is 0 Å². The monoisotopic (exact) mass is 184 g/mol. The maximum atomic E-state index is 11.4. The number of hydrogen-bond acceptors (Lipinski definition) is 3. The molecule has 2 N–H and O–H groups in total. The van der Waals surface area contributed by atoms with Gasteiger partial charge in [0, 0.05) is 25.4 Å². The summed E-state index contributed by atoms with van der Waals surface area (Å²) >= 11 is 0. The summed E-state index contributed by atoms with van der Waals surface area (Å²) in [7, 11) is 0. The number of carbonyl (C=O) groups is 2. The van der Waals surface area contributed by atoms with Crippen molar-refractivity contribution in [2.75, 3.05) is 6.54 Å². The second kappa shape index (κ2) is 3.87. The van der Waals surface area contributed by atoms with E-state index in [0.29, 0.717) is 19.4 Å². The molecule has 4 heteroatoms. The normalized spacial score (nSPS) is 22.2. The third-order valence-electron chi connectivity index (χ3n) is 2.12. The molecule has 1 fully saturated rings. The summed E-state index contributed by atoms with van der Waals surface area (Å²) in [5.41, 5.74) is 5.54. The van der Waals surface area contributed by atoms with Gasteiger partial charge in [0.2, 0.25) is 11.8 Å². The Morgan fingerprint density at radius 1 is 1.46 bits per heavy atom. The molecule has 0 aromatic carbocycles. The van der Waals surface area contributed by atoms with Crippen molar-refractivity contribution in [3.63, 3.8) is 0 Å². The third-order valence-corrected chi connectivity index (χ3v) is 2.12. The highest BCUT2D eigenvalue weighted by atomic mass is 16.2. The number of likely N-dealkylation sites (tertiary alicyclic amines) is 1. The highest BCUT2D eigenvalue weighted by Gasteiger charge is 2.30. The van der Waals surface area contributed by atoms with Gasteiger partial charge in [-0.15, -0.1) is 0 Å². The van der Waals surface area contributed by atoms with Gasteiger partial charge in [-0.2, -0.15) is 0 Å². The van der Waals surface area contributed by atoms with Crippen LogP contribution in [-0.2, 0) is 9.59 Å². The molecule has 1 heterocycles. The minimum Gasteiger partial charge on any atom is -0.326 e. The van der Waals surface area contributed by atoms with Crippen molar-refractivity contribution in [2.45, 2.75) is 32.7 Å². The van der Waals surface area contributed by atoms with Crippen LogP contribution in [0.2, 0.25) is 0 Å². The molecule has 74 valence electrons. The van der Waals surface area contributed by atoms with Gasteiger partial charge in [-0.05, 0) is 12.8 Å². The molecule has 1 saturated heterocycles. The van der Waals surface area contributed by atoms with E-state index in [2.05, 4.69) is 0 Å². The number of imide groups is 1. The average molecular weight is 184 g/mol. The van der Waals surface area contributed by atoms with E-state index in [1.807, 2.05) is 6.92 Å². The van der Waals surface area contributed by atoms with Gasteiger partial charge in [-0.25, -0.2) is 0 Å². The topological polar surface area (TPSA) is 63.4 Å². The standard InChI is InChI=1S/C9H16N2O2/c1-6-3-8(12)11(5-7(2)10)9(13)4-6/h6-7H,3-5,10H2,1-2H3/t7-/m1/s1. The summed E-state index contributed by atoms with van der Waals surface area (Å²) < 4.78 is 0. The highest BCUT2D eigenvalue weighted by Crippen LogP contribution is 2.18. The van der Waals surface area contributed by atoms with E-state index in [1.54, 1.807) is 6.92 Å². The number of nitrogens with two attached hydrogens (primary N) is 1. The van der Waals surface area contributed by atoms with Crippen molar-refractivity contribution >= 4 is 11.8 Å². The predicted molar refractivity (Wildman–Crippen MR) is 48.8 cm³/mol. The Morgan fingerprint density at radius 2 is 1.92 bits per heavy atom. The van der Waals surface area contributed by atoms with E-state index in [9.17, 15) is 9.59 Å². The fraction of sp³-hybridized carbons (Fsp3) is 0.778. The van der Waals surface area contributed by atoms with Crippen molar-refractivity contribution in [2.24, 2.45) is 11.7 Å². The first-order valence-corrected chi connectivity index (χ1v) is 4.59. The van der Waals surface area contributed by atoms with E-state index in [-0.39, 0.29) is 23.8 Å². The van der Waals surface area contributed by atoms with Gasteiger partial charge in [0.25, 0.3) is 0 Å². The van der Waals surface area contributed by atoms with Crippen LogP contribution >= 0.6 is 0 Å². The highest BCUT2D eigenvalue weighted by molar-refractivity contribution is 5.97. The lowest BCUT2D eigenvalue weighted by Gasteiger charge is -2.29. The molecule has 1 atom stereocenters. The molecule has 1 aliphatic rings. The maximum absolute atomic E-state index is 11.4. The zero-order valence-corrected chi connectivity index (χ0v) is 8.12. The van der Waals surface area contributed by atoms with Gasteiger partial charge in [0.15, 0.2) is 0 Å². The van der Waals surface area contributed by atoms with E-state index in [0.717, 1.165) is 0 Å². The molecule has 0 aromatic heterocycles. The molecule has 2 amide bonds. The van der Waals surface area contributed by atoms with Crippen LogP contribution in [0, 0.1) is 5.92 Å². The van der Waals surface area contributed by atoms with E-state index in [1.165, 1.54) is 4.90 Å². The van der Waals surface area contributed by atoms with Crippen molar-refractivity contribution in [1.29, 1.82) is 0 Å². The zero-order valence-electron chi connectivity index (χ0n) is 8.12. The van der Waals surface area contributed by atoms with E-state index in [4.69, 9.17) is 5.73 Å². The molecular weight excluding hydrogens is 168 g/mol. The Hall–Kier alpha value is -0.900. The minimum atomic E-state index is -0.138. The summed E-state index contributed by atoms with van der Waals surface area (Å²) in [5, 5.41) is 0. The molecule has 1 rings (SSSR count). The Labute approximate surface area is 78.1 Å². The van der Waals surface area contributed by atoms with Crippen LogP contribution in [0.5, 0.6) is 0 Å². The fourth-order valence-corrected chi connectivity index (χ4v) is 1.52. The molecule has 0 bridgehead atoms. The molecule has 0 unspecified atom stereocenters. The molecule has 0 aliphatic carbocycles. The smallest absolute Gasteiger partial charge is 0.229 e. The quantitative estimate of drug-likeness (QED) is 0.620.